The Hall–Kier alpha value is -1.73. The summed E-state index contributed by atoms with van der Waals surface area (Å²) >= 11 is 1.82. The molecule has 2 aromatic heterocycles. The number of hydrogen-bond donors (Lipinski definition) is 2. The third kappa shape index (κ3) is 3.87. The second-order valence-corrected chi connectivity index (χ2v) is 9.21. The summed E-state index contributed by atoms with van der Waals surface area (Å²) in [5.41, 5.74) is 15.3. The highest BCUT2D eigenvalue weighted by Gasteiger charge is 2.33. The Morgan fingerprint density at radius 3 is 2.66 bits per heavy atom. The number of halogens is 1. The normalized spacial score (nSPS) is 21.8. The van der Waals surface area contributed by atoms with Crippen LogP contribution in [0.25, 0.3) is 10.2 Å². The molecule has 7 heteroatoms. The lowest BCUT2D eigenvalue weighted by Crippen LogP contribution is -2.24. The molecule has 0 spiro atoms. The van der Waals surface area contributed by atoms with E-state index in [2.05, 4.69) is 35.2 Å². The fourth-order valence-electron chi connectivity index (χ4n) is 4.91. The van der Waals surface area contributed by atoms with E-state index in [1.807, 2.05) is 11.3 Å². The number of aromatic nitrogens is 2. The Morgan fingerprint density at radius 2 is 1.86 bits per heavy atom. The maximum Gasteiger partial charge on any atom is 0.146 e. The van der Waals surface area contributed by atoms with Gasteiger partial charge in [-0.2, -0.15) is 0 Å². The monoisotopic (exact) mass is 429 g/mol. The number of fused-ring (bicyclic) bond motifs is 3. The first kappa shape index (κ1) is 20.5. The molecule has 1 aliphatic carbocycles. The van der Waals surface area contributed by atoms with E-state index in [1.165, 1.54) is 28.8 Å². The lowest BCUT2D eigenvalue weighted by molar-refractivity contribution is 0.309. The van der Waals surface area contributed by atoms with Gasteiger partial charge in [-0.25, -0.2) is 9.97 Å². The molecule has 1 fully saturated rings. The van der Waals surface area contributed by atoms with Gasteiger partial charge in [-0.05, 0) is 49.3 Å². The summed E-state index contributed by atoms with van der Waals surface area (Å²) in [4.78, 5) is 14.6. The molecule has 1 aromatic carbocycles. The highest BCUT2D eigenvalue weighted by Crippen LogP contribution is 2.38. The summed E-state index contributed by atoms with van der Waals surface area (Å²) in [7, 11) is 0. The number of nitrogen functional groups attached to an aromatic ring is 1. The van der Waals surface area contributed by atoms with Gasteiger partial charge in [0.1, 0.15) is 16.5 Å². The van der Waals surface area contributed by atoms with Crippen LogP contribution in [0.3, 0.4) is 0 Å². The van der Waals surface area contributed by atoms with Crippen molar-refractivity contribution < 1.29 is 0 Å². The Morgan fingerprint density at radius 1 is 1.07 bits per heavy atom. The molecule has 154 valence electrons. The minimum atomic E-state index is 0. The van der Waals surface area contributed by atoms with E-state index in [0.717, 1.165) is 48.5 Å². The Balaban J connectivity index is 0.00000205. The highest BCUT2D eigenvalue weighted by atomic mass is 35.5. The lowest BCUT2D eigenvalue weighted by atomic mass is 9.89. The number of aryl methyl sites for hydroxylation is 2. The van der Waals surface area contributed by atoms with E-state index in [4.69, 9.17) is 21.4 Å². The first-order valence-corrected chi connectivity index (χ1v) is 11.1. The zero-order chi connectivity index (χ0) is 19.1. The van der Waals surface area contributed by atoms with Crippen molar-refractivity contribution in [3.05, 3.63) is 52.2 Å². The van der Waals surface area contributed by atoms with Crippen LogP contribution in [0, 0.1) is 5.92 Å². The average molecular weight is 430 g/mol. The SMILES string of the molecule is Cl.NC[C@@H]1CN(Cc2nc(N)c3c4c(sc3n2)CCCC4)C[C@H]1c1ccccc1. The van der Waals surface area contributed by atoms with Crippen LogP contribution >= 0.6 is 23.7 Å². The third-order valence-corrected chi connectivity index (χ3v) is 7.49. The fourth-order valence-corrected chi connectivity index (χ4v) is 6.20. The number of hydrogen-bond acceptors (Lipinski definition) is 6. The zero-order valence-electron chi connectivity index (χ0n) is 16.5. The van der Waals surface area contributed by atoms with E-state index >= 15 is 0 Å². The van der Waals surface area contributed by atoms with Gasteiger partial charge in [-0.15, -0.1) is 23.7 Å². The summed E-state index contributed by atoms with van der Waals surface area (Å²) < 4.78 is 0. The highest BCUT2D eigenvalue weighted by molar-refractivity contribution is 7.19. The third-order valence-electron chi connectivity index (χ3n) is 6.30. The van der Waals surface area contributed by atoms with Crippen LogP contribution in [-0.4, -0.2) is 34.5 Å². The smallest absolute Gasteiger partial charge is 0.146 e. The minimum Gasteiger partial charge on any atom is -0.383 e. The van der Waals surface area contributed by atoms with Crippen molar-refractivity contribution in [2.75, 3.05) is 25.4 Å². The van der Waals surface area contributed by atoms with Crippen LogP contribution in [0.5, 0.6) is 0 Å². The van der Waals surface area contributed by atoms with E-state index in [0.29, 0.717) is 24.2 Å². The predicted octanol–water partition coefficient (Wildman–Crippen LogP) is 3.75. The first-order valence-electron chi connectivity index (χ1n) is 10.3. The van der Waals surface area contributed by atoms with Crippen molar-refractivity contribution in [2.45, 2.75) is 38.1 Å². The van der Waals surface area contributed by atoms with Gasteiger partial charge in [0.15, 0.2) is 0 Å². The van der Waals surface area contributed by atoms with Crippen molar-refractivity contribution in [1.29, 1.82) is 0 Å². The molecule has 0 bridgehead atoms. The van der Waals surface area contributed by atoms with Crippen LogP contribution in [0.1, 0.15) is 40.6 Å². The Kier molecular flexibility index (Phi) is 6.06. The quantitative estimate of drug-likeness (QED) is 0.660. The van der Waals surface area contributed by atoms with Crippen LogP contribution in [0.2, 0.25) is 0 Å². The van der Waals surface area contributed by atoms with E-state index in [-0.39, 0.29) is 12.4 Å². The number of nitrogens with two attached hydrogens (primary N) is 2. The van der Waals surface area contributed by atoms with Gasteiger partial charge < -0.3 is 11.5 Å². The Bertz CT molecular complexity index is 990. The molecule has 0 saturated carbocycles. The van der Waals surface area contributed by atoms with Crippen LogP contribution in [-0.2, 0) is 19.4 Å². The average Bonchev–Trinajstić information content (AvgIpc) is 3.29. The molecule has 2 aliphatic rings. The number of likely N-dealkylation sites (tertiary alicyclic amines) is 1. The van der Waals surface area contributed by atoms with Crippen LogP contribution < -0.4 is 11.5 Å². The largest absolute Gasteiger partial charge is 0.383 e. The topological polar surface area (TPSA) is 81.1 Å². The summed E-state index contributed by atoms with van der Waals surface area (Å²) in [6, 6.07) is 10.7. The molecule has 0 amide bonds. The van der Waals surface area contributed by atoms with Crippen LogP contribution in [0.4, 0.5) is 5.82 Å². The molecule has 5 rings (SSSR count). The zero-order valence-corrected chi connectivity index (χ0v) is 18.1. The van der Waals surface area contributed by atoms with Gasteiger partial charge >= 0.3 is 0 Å². The molecule has 1 aliphatic heterocycles. The summed E-state index contributed by atoms with van der Waals surface area (Å²) in [5, 5.41) is 1.12. The first-order chi connectivity index (χ1) is 13.7. The van der Waals surface area contributed by atoms with Gasteiger partial charge in [0.05, 0.1) is 11.9 Å². The summed E-state index contributed by atoms with van der Waals surface area (Å²) in [6.45, 7) is 3.42. The fraction of sp³-hybridized carbons (Fsp3) is 0.455. The molecule has 4 N–H and O–H groups in total. The number of anilines is 1. The van der Waals surface area contributed by atoms with Gasteiger partial charge in [-0.3, -0.25) is 4.90 Å². The lowest BCUT2D eigenvalue weighted by Gasteiger charge is -2.16. The van der Waals surface area contributed by atoms with Crippen molar-refractivity contribution in [1.82, 2.24) is 14.9 Å². The van der Waals surface area contributed by atoms with Crippen molar-refractivity contribution in [2.24, 2.45) is 11.7 Å². The molecular weight excluding hydrogens is 402 g/mol. The maximum atomic E-state index is 6.39. The number of rotatable bonds is 4. The molecule has 29 heavy (non-hydrogen) atoms. The second kappa shape index (κ2) is 8.56. The summed E-state index contributed by atoms with van der Waals surface area (Å²) in [6.07, 6.45) is 4.80. The van der Waals surface area contributed by atoms with Crippen molar-refractivity contribution in [3.8, 4) is 0 Å². The molecule has 3 heterocycles. The standard InChI is InChI=1S/C22H27N5S.ClH/c23-10-15-11-27(12-17(15)14-6-2-1-3-7-14)13-19-25-21(24)20-16-8-4-5-9-18(16)28-22(20)26-19;/h1-3,6-7,15,17H,4-5,8-13,23H2,(H2,24,25,26);1H/t15-,17+;/m1./s1. The molecule has 0 radical (unpaired) electrons. The molecule has 2 atom stereocenters. The van der Waals surface area contributed by atoms with Gasteiger partial charge in [0, 0.05) is 23.9 Å². The van der Waals surface area contributed by atoms with Gasteiger partial charge in [0.25, 0.3) is 0 Å². The molecule has 1 saturated heterocycles. The molecule has 3 aromatic rings. The maximum absolute atomic E-state index is 6.39. The van der Waals surface area contributed by atoms with E-state index in [9.17, 15) is 0 Å². The van der Waals surface area contributed by atoms with Crippen molar-refractivity contribution in [3.63, 3.8) is 0 Å². The van der Waals surface area contributed by atoms with E-state index < -0.39 is 0 Å². The van der Waals surface area contributed by atoms with Crippen LogP contribution in [0.15, 0.2) is 30.3 Å². The van der Waals surface area contributed by atoms with Gasteiger partial charge in [-0.1, -0.05) is 30.3 Å². The van der Waals surface area contributed by atoms with Crippen molar-refractivity contribution >= 4 is 39.8 Å². The van der Waals surface area contributed by atoms with Gasteiger partial charge in [0.2, 0.25) is 0 Å². The summed E-state index contributed by atoms with van der Waals surface area (Å²) in [5.74, 6) is 2.44. The second-order valence-electron chi connectivity index (χ2n) is 8.12. The minimum absolute atomic E-state index is 0. The predicted molar refractivity (Wildman–Crippen MR) is 123 cm³/mol. The Labute approximate surface area is 181 Å². The number of nitrogens with zero attached hydrogens (tertiary/aromatic N) is 3. The number of benzene rings is 1. The van der Waals surface area contributed by atoms with E-state index in [1.54, 1.807) is 0 Å². The molecule has 5 nitrogen and oxygen atoms in total. The molecule has 0 unspecified atom stereocenters. The number of thiophene rings is 1. The molecular formula is C22H28ClN5S.